The van der Waals surface area contributed by atoms with Crippen LogP contribution in [0.25, 0.3) is 11.0 Å². The van der Waals surface area contributed by atoms with Crippen LogP contribution in [0.2, 0.25) is 10.6 Å². The molecular weight excluding hydrogens is 359 g/mol. The Morgan fingerprint density at radius 3 is 1.96 bits per heavy atom. The number of rotatable bonds is 1. The smallest absolute Gasteiger partial charge is 0.225 e. The third-order valence-electron chi connectivity index (χ3n) is 4.51. The first-order valence-corrected chi connectivity index (χ1v) is 9.74. The first-order valence-electron chi connectivity index (χ1n) is 8.98. The molecule has 25 heavy (non-hydrogen) atoms. The van der Waals surface area contributed by atoms with Gasteiger partial charge in [0.05, 0.1) is 5.69 Å². The molecule has 0 unspecified atom stereocenters. The lowest BCUT2D eigenvalue weighted by molar-refractivity contribution is 0.520. The Labute approximate surface area is 158 Å². The second kappa shape index (κ2) is 8.92. The zero-order valence-electron chi connectivity index (χ0n) is 14.6. The minimum absolute atomic E-state index is 0.217. The van der Waals surface area contributed by atoms with Crippen LogP contribution in [-0.2, 0) is 0 Å². The molecule has 2 saturated heterocycles. The quantitative estimate of drug-likeness (QED) is 0.756. The maximum absolute atomic E-state index is 6.02. The second-order valence-corrected chi connectivity index (χ2v) is 7.13. The zero-order valence-corrected chi connectivity index (χ0v) is 16.1. The number of piperidine rings is 2. The Morgan fingerprint density at radius 1 is 0.760 bits per heavy atom. The number of aryl methyl sites for hydroxylation is 1. The van der Waals surface area contributed by atoms with Crippen molar-refractivity contribution in [3.8, 4) is 0 Å². The van der Waals surface area contributed by atoms with Crippen LogP contribution in [0.4, 0.5) is 5.82 Å². The molecule has 0 aromatic carbocycles. The average Bonchev–Trinajstić information content (AvgIpc) is 2.64. The predicted octanol–water partition coefficient (Wildman–Crippen LogP) is 3.79. The van der Waals surface area contributed by atoms with E-state index in [-0.39, 0.29) is 10.6 Å². The van der Waals surface area contributed by atoms with E-state index in [0.717, 1.165) is 37.4 Å². The van der Waals surface area contributed by atoms with Crippen molar-refractivity contribution in [3.05, 3.63) is 16.3 Å². The number of anilines is 1. The number of hydrogen-bond acceptors (Lipinski definition) is 6. The zero-order chi connectivity index (χ0) is 17.6. The molecule has 4 rings (SSSR count). The highest BCUT2D eigenvalue weighted by Crippen LogP contribution is 2.28. The van der Waals surface area contributed by atoms with Gasteiger partial charge in [-0.2, -0.15) is 4.98 Å². The van der Waals surface area contributed by atoms with Crippen LogP contribution in [0, 0.1) is 6.92 Å². The third kappa shape index (κ3) is 4.90. The van der Waals surface area contributed by atoms with Crippen molar-refractivity contribution in [3.63, 3.8) is 0 Å². The van der Waals surface area contributed by atoms with Crippen molar-refractivity contribution in [1.29, 1.82) is 0 Å². The average molecular weight is 383 g/mol. The van der Waals surface area contributed by atoms with Gasteiger partial charge in [0.15, 0.2) is 5.82 Å². The van der Waals surface area contributed by atoms with Crippen LogP contribution in [-0.4, -0.2) is 46.1 Å². The summed E-state index contributed by atoms with van der Waals surface area (Å²) < 4.78 is 0. The van der Waals surface area contributed by atoms with Crippen LogP contribution >= 0.6 is 23.2 Å². The minimum atomic E-state index is 0.217. The van der Waals surface area contributed by atoms with Crippen LogP contribution in [0.15, 0.2) is 0 Å². The van der Waals surface area contributed by atoms with Crippen LogP contribution in [0.1, 0.15) is 44.2 Å². The van der Waals surface area contributed by atoms with E-state index in [9.17, 15) is 0 Å². The van der Waals surface area contributed by atoms with Gasteiger partial charge in [-0.05, 0) is 75.3 Å². The number of nitrogens with one attached hydrogen (secondary N) is 1. The van der Waals surface area contributed by atoms with Gasteiger partial charge in [-0.3, -0.25) is 0 Å². The first kappa shape index (κ1) is 18.5. The van der Waals surface area contributed by atoms with E-state index in [2.05, 4.69) is 30.2 Å². The molecule has 0 atom stereocenters. The SMILES string of the molecule is C1CCNCC1.Cc1nc(Cl)nc2c(N3CCCCC3)nc(Cl)nc12. The lowest BCUT2D eigenvalue weighted by atomic mass is 10.1. The summed E-state index contributed by atoms with van der Waals surface area (Å²) in [6.45, 7) is 6.27. The monoisotopic (exact) mass is 382 g/mol. The molecule has 8 heteroatoms. The molecule has 136 valence electrons. The van der Waals surface area contributed by atoms with Gasteiger partial charge in [0.25, 0.3) is 0 Å². The van der Waals surface area contributed by atoms with E-state index < -0.39 is 0 Å². The molecule has 1 N–H and O–H groups in total. The van der Waals surface area contributed by atoms with Crippen molar-refractivity contribution < 1.29 is 0 Å². The normalized spacial score (nSPS) is 18.0. The maximum atomic E-state index is 6.02. The summed E-state index contributed by atoms with van der Waals surface area (Å²) in [5, 5.41) is 3.73. The van der Waals surface area contributed by atoms with E-state index >= 15 is 0 Å². The molecule has 0 spiro atoms. The number of nitrogens with zero attached hydrogens (tertiary/aromatic N) is 5. The molecule has 2 aromatic heterocycles. The summed E-state index contributed by atoms with van der Waals surface area (Å²) in [6.07, 6.45) is 7.77. The van der Waals surface area contributed by atoms with Gasteiger partial charge in [-0.25, -0.2) is 15.0 Å². The van der Waals surface area contributed by atoms with Gasteiger partial charge in [0.1, 0.15) is 11.0 Å². The first-order chi connectivity index (χ1) is 12.1. The molecule has 0 saturated carbocycles. The standard InChI is InChI=1S/C12H13Cl2N5.C5H11N/c1-7-8-9(17-11(13)15-7)10(18-12(14)16-8)19-5-3-2-4-6-19;1-2-4-6-5-3-1/h2-6H2,1H3;6H,1-5H2. The second-order valence-electron chi connectivity index (χ2n) is 6.45. The summed E-state index contributed by atoms with van der Waals surface area (Å²) in [4.78, 5) is 19.1. The summed E-state index contributed by atoms with van der Waals surface area (Å²) in [7, 11) is 0. The number of fused-ring (bicyclic) bond motifs is 1. The molecule has 6 nitrogen and oxygen atoms in total. The molecule has 4 heterocycles. The predicted molar refractivity (Wildman–Crippen MR) is 103 cm³/mol. The van der Waals surface area contributed by atoms with E-state index in [0.29, 0.717) is 11.0 Å². The largest absolute Gasteiger partial charge is 0.355 e. The van der Waals surface area contributed by atoms with Crippen molar-refractivity contribution >= 4 is 40.1 Å². The molecule has 0 amide bonds. The molecule has 2 aromatic rings. The Morgan fingerprint density at radius 2 is 1.36 bits per heavy atom. The fourth-order valence-corrected chi connectivity index (χ4v) is 3.58. The maximum Gasteiger partial charge on any atom is 0.225 e. The van der Waals surface area contributed by atoms with Gasteiger partial charge >= 0.3 is 0 Å². The highest BCUT2D eigenvalue weighted by molar-refractivity contribution is 6.29. The Hall–Kier alpha value is -1.24. The molecule has 2 aliphatic heterocycles. The summed E-state index contributed by atoms with van der Waals surface area (Å²) in [5.41, 5.74) is 2.08. The summed E-state index contributed by atoms with van der Waals surface area (Å²) in [5.74, 6) is 0.766. The van der Waals surface area contributed by atoms with Gasteiger partial charge in [0, 0.05) is 13.1 Å². The highest BCUT2D eigenvalue weighted by Gasteiger charge is 2.19. The van der Waals surface area contributed by atoms with Crippen LogP contribution < -0.4 is 10.2 Å². The Balaban J connectivity index is 0.000000258. The highest BCUT2D eigenvalue weighted by atomic mass is 35.5. The van der Waals surface area contributed by atoms with Crippen LogP contribution in [0.5, 0.6) is 0 Å². The Bertz CT molecular complexity index is 702. The molecule has 0 aliphatic carbocycles. The molecular formula is C17H24Cl2N6. The van der Waals surface area contributed by atoms with Gasteiger partial charge < -0.3 is 10.2 Å². The van der Waals surface area contributed by atoms with E-state index in [4.69, 9.17) is 23.2 Å². The topological polar surface area (TPSA) is 66.8 Å². The number of halogens is 2. The number of aromatic nitrogens is 4. The van der Waals surface area contributed by atoms with Crippen LogP contribution in [0.3, 0.4) is 0 Å². The van der Waals surface area contributed by atoms with Gasteiger partial charge in [-0.15, -0.1) is 0 Å². The number of hydrogen-bond donors (Lipinski definition) is 1. The van der Waals surface area contributed by atoms with Crippen molar-refractivity contribution in [2.75, 3.05) is 31.1 Å². The summed E-state index contributed by atoms with van der Waals surface area (Å²) in [6, 6.07) is 0. The lowest BCUT2D eigenvalue weighted by Gasteiger charge is -2.28. The van der Waals surface area contributed by atoms with E-state index in [1.54, 1.807) is 0 Å². The lowest BCUT2D eigenvalue weighted by Crippen LogP contribution is -2.30. The van der Waals surface area contributed by atoms with E-state index in [1.165, 1.54) is 38.8 Å². The molecule has 2 aliphatic rings. The minimum Gasteiger partial charge on any atom is -0.355 e. The molecule has 0 radical (unpaired) electrons. The third-order valence-corrected chi connectivity index (χ3v) is 4.85. The molecule has 2 fully saturated rings. The van der Waals surface area contributed by atoms with Crippen molar-refractivity contribution in [1.82, 2.24) is 25.3 Å². The fraction of sp³-hybridized carbons (Fsp3) is 0.647. The molecule has 0 bridgehead atoms. The summed E-state index contributed by atoms with van der Waals surface area (Å²) >= 11 is 12.0. The fourth-order valence-electron chi connectivity index (χ4n) is 3.21. The van der Waals surface area contributed by atoms with Crippen molar-refractivity contribution in [2.24, 2.45) is 0 Å². The van der Waals surface area contributed by atoms with Gasteiger partial charge in [0.2, 0.25) is 10.6 Å². The van der Waals surface area contributed by atoms with Gasteiger partial charge in [-0.1, -0.05) is 6.42 Å². The van der Waals surface area contributed by atoms with Crippen molar-refractivity contribution in [2.45, 2.75) is 45.4 Å². The Kier molecular flexibility index (Phi) is 6.62. The van der Waals surface area contributed by atoms with E-state index in [1.807, 2.05) is 6.92 Å².